The summed E-state index contributed by atoms with van der Waals surface area (Å²) >= 11 is 0. The van der Waals surface area contributed by atoms with E-state index in [0.717, 1.165) is 22.9 Å². The lowest BCUT2D eigenvalue weighted by molar-refractivity contribution is -0.148. The number of ether oxygens (including phenoxy) is 4. The Morgan fingerprint density at radius 2 is 1.24 bits per heavy atom. The van der Waals surface area contributed by atoms with Crippen LogP contribution in [-0.2, 0) is 28.5 Å². The summed E-state index contributed by atoms with van der Waals surface area (Å²) in [5.41, 5.74) is 0.980. The number of Topliss-reactive ketones (excluding diaryl/α,β-unsaturated/α-hetero) is 2. The SMILES string of the molecule is CC(C)(C)OC(=O)N1[C@H](C(=O)OCC(=O)c2cccc3c(-c4ccc(C(=O)COC(=O)[C@@H]5C[C@H]6C[C@H]6N5C(=O)OC(C)(C)C)cc4)cccc23)C2C3[C@H]2[C@@H]31. The van der Waals surface area contributed by atoms with E-state index in [-0.39, 0.29) is 35.5 Å². The topological polar surface area (TPSA) is 146 Å². The molecule has 0 spiro atoms. The molecule has 3 heterocycles. The minimum Gasteiger partial charge on any atom is -0.456 e. The second-order valence-electron chi connectivity index (χ2n) is 17.1. The van der Waals surface area contributed by atoms with Crippen LogP contribution in [0, 0.1) is 23.7 Å². The zero-order chi connectivity index (χ0) is 38.4. The number of amides is 2. The Labute approximate surface area is 313 Å². The summed E-state index contributed by atoms with van der Waals surface area (Å²) in [5, 5.41) is 1.47. The molecule has 3 aliphatic heterocycles. The Morgan fingerprint density at radius 3 is 1.91 bits per heavy atom. The van der Waals surface area contributed by atoms with Gasteiger partial charge in [0.05, 0.1) is 0 Å². The number of carbonyl (C=O) groups is 6. The minimum atomic E-state index is -0.776. The molecule has 2 bridgehead atoms. The number of ketones is 2. The molecule has 3 aliphatic carbocycles. The highest BCUT2D eigenvalue weighted by Crippen LogP contribution is 2.78. The summed E-state index contributed by atoms with van der Waals surface area (Å²) in [4.78, 5) is 81.4. The van der Waals surface area contributed by atoms with Gasteiger partial charge < -0.3 is 18.9 Å². The van der Waals surface area contributed by atoms with Crippen LogP contribution >= 0.6 is 0 Å². The van der Waals surface area contributed by atoms with Gasteiger partial charge in [0.15, 0.2) is 19.0 Å². The molecule has 12 heteroatoms. The first-order valence-corrected chi connectivity index (χ1v) is 18.6. The molecule has 54 heavy (non-hydrogen) atoms. The van der Waals surface area contributed by atoms with Gasteiger partial charge in [0, 0.05) is 29.1 Å². The van der Waals surface area contributed by atoms with Crippen molar-refractivity contribution in [3.8, 4) is 11.1 Å². The number of carbonyl (C=O) groups excluding carboxylic acids is 6. The van der Waals surface area contributed by atoms with Crippen LogP contribution in [0.1, 0.15) is 75.1 Å². The predicted molar refractivity (Wildman–Crippen MR) is 194 cm³/mol. The fourth-order valence-electron chi connectivity index (χ4n) is 8.52. The number of fused-ring (bicyclic) bond motifs is 3. The summed E-state index contributed by atoms with van der Waals surface area (Å²) in [5.74, 6) is -1.01. The maximum absolute atomic E-state index is 13.5. The maximum Gasteiger partial charge on any atom is 0.411 e. The van der Waals surface area contributed by atoms with Crippen LogP contribution in [0.4, 0.5) is 9.59 Å². The normalized spacial score (nSPS) is 27.1. The maximum atomic E-state index is 13.5. The summed E-state index contributed by atoms with van der Waals surface area (Å²) in [6.45, 7) is 9.73. The third-order valence-electron chi connectivity index (χ3n) is 11.1. The van der Waals surface area contributed by atoms with Gasteiger partial charge in [0.25, 0.3) is 0 Å². The largest absolute Gasteiger partial charge is 0.456 e. The smallest absolute Gasteiger partial charge is 0.411 e. The van der Waals surface area contributed by atoms with Crippen molar-refractivity contribution in [2.24, 2.45) is 23.7 Å². The molecule has 2 unspecified atom stereocenters. The molecule has 0 radical (unpaired) electrons. The van der Waals surface area contributed by atoms with Gasteiger partial charge in [-0.05, 0) is 94.0 Å². The van der Waals surface area contributed by atoms with Crippen molar-refractivity contribution in [3.05, 3.63) is 71.8 Å². The van der Waals surface area contributed by atoms with E-state index < -0.39 is 60.6 Å². The van der Waals surface area contributed by atoms with E-state index in [1.165, 1.54) is 9.80 Å². The first-order chi connectivity index (χ1) is 25.5. The van der Waals surface area contributed by atoms with Crippen molar-refractivity contribution in [1.29, 1.82) is 0 Å². The van der Waals surface area contributed by atoms with Crippen LogP contribution in [0.2, 0.25) is 0 Å². The Balaban J connectivity index is 0.897. The van der Waals surface area contributed by atoms with E-state index in [1.807, 2.05) is 24.3 Å². The molecule has 3 saturated heterocycles. The quantitative estimate of drug-likeness (QED) is 0.141. The first kappa shape index (κ1) is 35.8. The van der Waals surface area contributed by atoms with Gasteiger partial charge in [-0.15, -0.1) is 0 Å². The van der Waals surface area contributed by atoms with E-state index in [9.17, 15) is 28.8 Å². The molecule has 8 atom stereocenters. The van der Waals surface area contributed by atoms with E-state index >= 15 is 0 Å². The molecular weight excluding hydrogens is 692 g/mol. The van der Waals surface area contributed by atoms with Crippen LogP contribution < -0.4 is 0 Å². The first-order valence-electron chi connectivity index (χ1n) is 18.6. The van der Waals surface area contributed by atoms with Gasteiger partial charge in [-0.1, -0.05) is 60.7 Å². The van der Waals surface area contributed by atoms with Crippen molar-refractivity contribution >= 4 is 46.5 Å². The summed E-state index contributed by atoms with van der Waals surface area (Å²) < 4.78 is 22.0. The Kier molecular flexibility index (Phi) is 8.39. The van der Waals surface area contributed by atoms with Gasteiger partial charge in [-0.25, -0.2) is 19.2 Å². The highest BCUT2D eigenvalue weighted by Gasteiger charge is 2.87. The lowest BCUT2D eigenvalue weighted by Crippen LogP contribution is -2.46. The van der Waals surface area contributed by atoms with Gasteiger partial charge in [0.2, 0.25) is 5.78 Å². The molecule has 2 amide bonds. The second kappa shape index (κ2) is 12.7. The summed E-state index contributed by atoms with van der Waals surface area (Å²) in [7, 11) is 0. The van der Waals surface area contributed by atoms with Crippen molar-refractivity contribution in [3.63, 3.8) is 0 Å². The van der Waals surface area contributed by atoms with E-state index in [0.29, 0.717) is 34.8 Å². The lowest BCUT2D eigenvalue weighted by Gasteiger charge is -2.29. The third-order valence-corrected chi connectivity index (χ3v) is 11.1. The second-order valence-corrected chi connectivity index (χ2v) is 17.1. The van der Waals surface area contributed by atoms with Crippen molar-refractivity contribution in [2.75, 3.05) is 13.2 Å². The summed E-state index contributed by atoms with van der Waals surface area (Å²) in [6.07, 6.45) is 0.247. The van der Waals surface area contributed by atoms with Crippen LogP contribution in [0.3, 0.4) is 0 Å². The number of hydrogen-bond acceptors (Lipinski definition) is 10. The predicted octanol–water partition coefficient (Wildman–Crippen LogP) is 6.22. The molecule has 0 N–H and O–H groups in total. The monoisotopic (exact) mass is 736 g/mol. The van der Waals surface area contributed by atoms with Crippen molar-refractivity contribution < 1.29 is 47.7 Å². The molecule has 0 aromatic heterocycles. The van der Waals surface area contributed by atoms with Crippen LogP contribution in [0.15, 0.2) is 60.7 Å². The van der Waals surface area contributed by atoms with Gasteiger partial charge >= 0.3 is 24.1 Å². The van der Waals surface area contributed by atoms with Gasteiger partial charge in [0.1, 0.15) is 23.3 Å². The molecule has 9 rings (SSSR count). The van der Waals surface area contributed by atoms with Crippen molar-refractivity contribution in [1.82, 2.24) is 9.80 Å². The fourth-order valence-corrected chi connectivity index (χ4v) is 8.52. The van der Waals surface area contributed by atoms with E-state index in [4.69, 9.17) is 18.9 Å². The molecule has 6 aliphatic rings. The average Bonchev–Trinajstić information content (AvgIpc) is 4.06. The lowest BCUT2D eigenvalue weighted by atomic mass is 9.94. The van der Waals surface area contributed by atoms with E-state index in [2.05, 4.69) is 0 Å². The third kappa shape index (κ3) is 6.49. The van der Waals surface area contributed by atoms with Gasteiger partial charge in [-0.2, -0.15) is 0 Å². The van der Waals surface area contributed by atoms with Crippen LogP contribution in [-0.4, -0.2) is 94.1 Å². The number of esters is 2. The zero-order valence-corrected chi connectivity index (χ0v) is 31.2. The highest BCUT2D eigenvalue weighted by atomic mass is 16.6. The Bertz CT molecular complexity index is 2090. The molecule has 6 fully saturated rings. The van der Waals surface area contributed by atoms with E-state index in [1.54, 1.807) is 77.9 Å². The average molecular weight is 737 g/mol. The zero-order valence-electron chi connectivity index (χ0n) is 31.2. The molecule has 282 valence electrons. The molecule has 3 aromatic carbocycles. The Hall–Kier alpha value is -5.26. The fraction of sp³-hybridized carbons (Fsp3) is 0.476. The number of hydrogen-bond donors (Lipinski definition) is 0. The molecule has 3 saturated carbocycles. The number of likely N-dealkylation sites (tertiary alicyclic amines) is 1. The number of piperidine rings is 2. The van der Waals surface area contributed by atoms with Crippen LogP contribution in [0.25, 0.3) is 21.9 Å². The molecular formula is C42H44N2O10. The number of nitrogens with zero attached hydrogens (tertiary/aromatic N) is 2. The molecule has 12 nitrogen and oxygen atoms in total. The van der Waals surface area contributed by atoms with Gasteiger partial charge in [-0.3, -0.25) is 19.4 Å². The van der Waals surface area contributed by atoms with Crippen molar-refractivity contribution in [2.45, 2.75) is 89.8 Å². The van der Waals surface area contributed by atoms with Crippen LogP contribution in [0.5, 0.6) is 0 Å². The highest BCUT2D eigenvalue weighted by molar-refractivity contribution is 6.12. The Morgan fingerprint density at radius 1 is 0.648 bits per heavy atom. The number of benzene rings is 3. The summed E-state index contributed by atoms with van der Waals surface area (Å²) in [6, 6.07) is 16.3. The molecule has 3 aromatic rings. The standard InChI is InChI=1S/C42H44N2O10/c1-41(2,3)53-39(49)43-28-17-23(28)18-29(43)37(47)51-19-30(45)22-15-13-21(14-16-22)24-9-7-11-26-25(24)10-8-12-27(26)31(46)20-52-38(48)36-34-32-33(34)35(32)44(36)40(50)54-42(4,5)6/h7-16,23,28-29,32-36H,17-20H2,1-6H3/t23-,28-,29+,32-,33?,34?,35+,36+/m1/s1. The number of rotatable bonds is 9. The minimum absolute atomic E-state index is 0.0185.